The zero-order chi connectivity index (χ0) is 36.6. The fraction of sp³-hybridized carbons (Fsp3) is 0.200. The number of aryl methyl sites for hydroxylation is 4. The van der Waals surface area contributed by atoms with E-state index in [9.17, 15) is 0 Å². The molecule has 6 aromatic carbocycles. The van der Waals surface area contributed by atoms with Crippen molar-refractivity contribution in [2.24, 2.45) is 0 Å². The van der Waals surface area contributed by atoms with E-state index >= 15 is 0 Å². The minimum atomic E-state index is -3.98. The minimum absolute atomic E-state index is 0.393. The predicted octanol–water partition coefficient (Wildman–Crippen LogP) is 13.5. The summed E-state index contributed by atoms with van der Waals surface area (Å²) in [5.41, 5.74) is 24.9. The Morgan fingerprint density at radius 2 is 0.615 bits per heavy atom. The summed E-state index contributed by atoms with van der Waals surface area (Å²) >= 11 is -3.98. The van der Waals surface area contributed by atoms with Crippen molar-refractivity contribution >= 4 is 19.0 Å². The number of allylic oxidation sites excluding steroid dienone is 2. The third-order valence-corrected chi connectivity index (χ3v) is 30.0. The van der Waals surface area contributed by atoms with Crippen molar-refractivity contribution in [3.8, 4) is 44.5 Å². The Kier molecular flexibility index (Phi) is 8.60. The van der Waals surface area contributed by atoms with E-state index in [-0.39, 0.29) is 0 Å². The molecule has 0 heterocycles. The monoisotopic (exact) mass is 768 g/mol. The standard InChI is InChI=1S/2C24H21.2CH3.H2Si.Zr/c2*1-16-4-8-19(9-5-16)21-12-13-22(20-10-6-17(2)7-11-20)24-15-18(3)14-23(21)24;;;;/h2*4-15H,1-3H3;2*1H3;1H2;. The van der Waals surface area contributed by atoms with Gasteiger partial charge < -0.3 is 0 Å². The molecule has 0 spiro atoms. The Morgan fingerprint density at radius 3 is 0.904 bits per heavy atom. The van der Waals surface area contributed by atoms with Gasteiger partial charge in [0.15, 0.2) is 0 Å². The van der Waals surface area contributed by atoms with Gasteiger partial charge in [-0.1, -0.05) is 0 Å². The Balaban J connectivity index is 1.39. The van der Waals surface area contributed by atoms with Crippen LogP contribution in [-0.4, -0.2) is 6.88 Å². The Morgan fingerprint density at radius 1 is 0.365 bits per heavy atom. The van der Waals surface area contributed by atoms with Crippen molar-refractivity contribution in [3.05, 3.63) is 177 Å². The van der Waals surface area contributed by atoms with Gasteiger partial charge in [-0.3, -0.25) is 0 Å². The van der Waals surface area contributed by atoms with Crippen LogP contribution in [0.1, 0.15) is 65.6 Å². The quantitative estimate of drug-likeness (QED) is 0.148. The average molecular weight is 770 g/mol. The maximum atomic E-state index is 2.78. The molecule has 6 aromatic rings. The predicted molar refractivity (Wildman–Crippen MR) is 227 cm³/mol. The second-order valence-corrected chi connectivity index (χ2v) is 47.5. The van der Waals surface area contributed by atoms with Gasteiger partial charge in [-0.05, 0) is 0 Å². The second-order valence-electron chi connectivity index (χ2n) is 17.0. The van der Waals surface area contributed by atoms with Crippen molar-refractivity contribution in [1.82, 2.24) is 0 Å². The topological polar surface area (TPSA) is 0 Å². The van der Waals surface area contributed by atoms with Crippen LogP contribution in [0.3, 0.4) is 0 Å². The molecule has 0 fully saturated rings. The molecule has 2 aliphatic carbocycles. The van der Waals surface area contributed by atoms with Gasteiger partial charge in [0.05, 0.1) is 0 Å². The van der Waals surface area contributed by atoms with Crippen LogP contribution in [0.5, 0.6) is 0 Å². The first-order valence-electron chi connectivity index (χ1n) is 18.8. The van der Waals surface area contributed by atoms with Crippen LogP contribution in [0.2, 0.25) is 9.26 Å². The van der Waals surface area contributed by atoms with Gasteiger partial charge in [0, 0.05) is 0 Å². The molecule has 258 valence electrons. The first-order valence-corrected chi connectivity index (χ1v) is 32.5. The van der Waals surface area contributed by atoms with E-state index in [2.05, 4.69) is 191 Å². The average Bonchev–Trinajstić information content (AvgIpc) is 3.67. The van der Waals surface area contributed by atoms with Gasteiger partial charge in [0.25, 0.3) is 0 Å². The fourth-order valence-corrected chi connectivity index (χ4v) is 30.8. The molecule has 0 amide bonds. The molecule has 0 saturated carbocycles. The van der Waals surface area contributed by atoms with Crippen LogP contribution < -0.4 is 0 Å². The molecule has 2 aliphatic rings. The van der Waals surface area contributed by atoms with E-state index in [0.717, 1.165) is 0 Å². The molecule has 2 atom stereocenters. The summed E-state index contributed by atoms with van der Waals surface area (Å²) in [7, 11) is 0. The first-order chi connectivity index (χ1) is 24.8. The molecule has 8 rings (SSSR count). The summed E-state index contributed by atoms with van der Waals surface area (Å²) in [5, 5.41) is 0. The molecule has 0 radical (unpaired) electrons. The van der Waals surface area contributed by atoms with Crippen LogP contribution in [0.25, 0.3) is 56.7 Å². The van der Waals surface area contributed by atoms with Crippen molar-refractivity contribution in [2.75, 3.05) is 0 Å². The number of hydrogen-bond donors (Lipinski definition) is 0. The molecular formula is C50H50SiZr. The Hall–Kier alpha value is -4.10. The van der Waals surface area contributed by atoms with E-state index in [4.69, 9.17) is 0 Å². The van der Waals surface area contributed by atoms with E-state index in [1.54, 1.807) is 11.1 Å². The maximum absolute atomic E-state index is 3.98. The molecule has 2 heteroatoms. The fourth-order valence-electron chi connectivity index (χ4n) is 9.83. The van der Waals surface area contributed by atoms with E-state index in [1.165, 1.54) is 89.0 Å². The van der Waals surface area contributed by atoms with Gasteiger partial charge in [-0.2, -0.15) is 0 Å². The van der Waals surface area contributed by atoms with Crippen LogP contribution >= 0.6 is 0 Å². The third kappa shape index (κ3) is 5.84. The van der Waals surface area contributed by atoms with Gasteiger partial charge in [0.2, 0.25) is 0 Å². The van der Waals surface area contributed by atoms with Crippen molar-refractivity contribution in [1.29, 1.82) is 0 Å². The normalized spacial score (nSPS) is 16.7. The van der Waals surface area contributed by atoms with Crippen molar-refractivity contribution in [3.63, 3.8) is 0 Å². The molecule has 0 nitrogen and oxygen atoms in total. The molecule has 0 bridgehead atoms. The summed E-state index contributed by atoms with van der Waals surface area (Å²) in [6.07, 6.45) is 5.14. The SMILES string of the molecule is CC1=Cc2c(-c3ccc(C)cc3)ccc(-c3ccc(C)cc3)c2[CH]1[Zr]([CH3])([CH3])(=[SiH2])[CH]1C(C)=Cc2c(-c3ccc(C)cc3)ccc(-c3ccc(C)cc3)c21. The molecular weight excluding hydrogens is 720 g/mol. The zero-order valence-electron chi connectivity index (χ0n) is 32.1. The molecule has 52 heavy (non-hydrogen) atoms. The van der Waals surface area contributed by atoms with Gasteiger partial charge in [-0.15, -0.1) is 0 Å². The summed E-state index contributed by atoms with van der Waals surface area (Å²) < 4.78 is 6.35. The number of fused-ring (bicyclic) bond motifs is 2. The summed E-state index contributed by atoms with van der Waals surface area (Å²) in [6.45, 7) is 16.1. The summed E-state index contributed by atoms with van der Waals surface area (Å²) in [6, 6.07) is 46.4. The number of benzene rings is 6. The van der Waals surface area contributed by atoms with Crippen LogP contribution in [0, 0.1) is 27.7 Å². The van der Waals surface area contributed by atoms with Crippen LogP contribution in [0.15, 0.2) is 132 Å². The third-order valence-electron chi connectivity index (χ3n) is 12.2. The molecule has 0 aliphatic heterocycles. The molecule has 0 saturated heterocycles. The van der Waals surface area contributed by atoms with Gasteiger partial charge >= 0.3 is 316 Å². The van der Waals surface area contributed by atoms with Gasteiger partial charge in [-0.25, -0.2) is 0 Å². The summed E-state index contributed by atoms with van der Waals surface area (Å²) in [5.74, 6) is 0. The van der Waals surface area contributed by atoms with E-state index < -0.39 is 17.4 Å². The van der Waals surface area contributed by atoms with Crippen LogP contribution in [0.4, 0.5) is 0 Å². The van der Waals surface area contributed by atoms with Gasteiger partial charge in [0.1, 0.15) is 0 Å². The first kappa shape index (κ1) is 35.0. The van der Waals surface area contributed by atoms with E-state index in [0.29, 0.717) is 7.25 Å². The van der Waals surface area contributed by atoms with E-state index in [1.807, 2.05) is 0 Å². The number of rotatable bonds is 6. The molecule has 2 unspecified atom stereocenters. The zero-order valence-corrected chi connectivity index (χ0v) is 35.9. The molecule has 0 aromatic heterocycles. The summed E-state index contributed by atoms with van der Waals surface area (Å²) in [4.78, 5) is 0. The second kappa shape index (κ2) is 12.8. The Bertz CT molecular complexity index is 2330. The molecule has 0 N–H and O–H groups in total. The van der Waals surface area contributed by atoms with Crippen molar-refractivity contribution in [2.45, 2.75) is 58.1 Å². The number of hydrogen-bond acceptors (Lipinski definition) is 0. The Labute approximate surface area is 313 Å². The van der Waals surface area contributed by atoms with Crippen molar-refractivity contribution < 1.29 is 17.4 Å². The van der Waals surface area contributed by atoms with Crippen LogP contribution in [-0.2, 0) is 17.4 Å².